The van der Waals surface area contributed by atoms with Crippen LogP contribution in [-0.2, 0) is 6.54 Å². The van der Waals surface area contributed by atoms with E-state index in [-0.39, 0.29) is 0 Å². The first kappa shape index (κ1) is 14.1. The number of hydrogen-bond acceptors (Lipinski definition) is 3. The van der Waals surface area contributed by atoms with Crippen molar-refractivity contribution in [1.29, 1.82) is 0 Å². The summed E-state index contributed by atoms with van der Waals surface area (Å²) < 4.78 is 2.05. The van der Waals surface area contributed by atoms with E-state index in [1.165, 1.54) is 12.2 Å². The molecule has 3 rings (SSSR count). The van der Waals surface area contributed by atoms with Gasteiger partial charge in [0.05, 0.1) is 11.4 Å². The molecule has 1 fully saturated rings. The quantitative estimate of drug-likeness (QED) is 0.942. The van der Waals surface area contributed by atoms with E-state index in [0.717, 1.165) is 30.0 Å². The fourth-order valence-corrected chi connectivity index (χ4v) is 3.15. The van der Waals surface area contributed by atoms with Gasteiger partial charge in [-0.3, -0.25) is 0 Å². The third-order valence-corrected chi connectivity index (χ3v) is 4.34. The summed E-state index contributed by atoms with van der Waals surface area (Å²) in [6.45, 7) is 9.35. The zero-order chi connectivity index (χ0) is 15.0. The second-order valence-electron chi connectivity index (χ2n) is 6.67. The Morgan fingerprint density at radius 1 is 1.24 bits per heavy atom. The summed E-state index contributed by atoms with van der Waals surface area (Å²) in [5.41, 5.74) is 9.64. The fraction of sp³-hybridized carbons (Fsp3) is 0.471. The lowest BCUT2D eigenvalue weighted by atomic mass is 9.93. The molecule has 0 spiro atoms. The summed E-state index contributed by atoms with van der Waals surface area (Å²) in [7, 11) is 0. The third kappa shape index (κ3) is 2.56. The van der Waals surface area contributed by atoms with E-state index < -0.39 is 0 Å². The van der Waals surface area contributed by atoms with E-state index >= 15 is 0 Å². The number of benzene rings is 1. The fourth-order valence-electron chi connectivity index (χ4n) is 3.15. The molecule has 0 bridgehead atoms. The molecule has 4 heteroatoms. The van der Waals surface area contributed by atoms with Crippen molar-refractivity contribution < 1.29 is 0 Å². The van der Waals surface area contributed by atoms with Gasteiger partial charge in [-0.25, -0.2) is 4.68 Å². The van der Waals surface area contributed by atoms with Crippen LogP contribution in [0.3, 0.4) is 0 Å². The van der Waals surface area contributed by atoms with Crippen LogP contribution < -0.4 is 10.6 Å². The topological polar surface area (TPSA) is 47.1 Å². The van der Waals surface area contributed by atoms with Crippen molar-refractivity contribution in [2.24, 2.45) is 11.1 Å². The molecule has 1 aliphatic rings. The molecule has 1 aliphatic heterocycles. The molecule has 1 aromatic heterocycles. The average molecular weight is 284 g/mol. The summed E-state index contributed by atoms with van der Waals surface area (Å²) in [6, 6.07) is 10.3. The van der Waals surface area contributed by atoms with Crippen molar-refractivity contribution in [3.8, 4) is 5.69 Å². The molecule has 2 N–H and O–H groups in total. The maximum atomic E-state index is 6.00. The summed E-state index contributed by atoms with van der Waals surface area (Å²) >= 11 is 0. The van der Waals surface area contributed by atoms with Crippen molar-refractivity contribution in [1.82, 2.24) is 9.78 Å². The van der Waals surface area contributed by atoms with Crippen LogP contribution in [0.4, 0.5) is 5.82 Å². The van der Waals surface area contributed by atoms with Crippen molar-refractivity contribution in [2.75, 3.05) is 18.0 Å². The SMILES string of the molecule is Cc1nn(-c2ccccc2)c(N2CCC(C)(C)C2)c1CN. The first-order valence-electron chi connectivity index (χ1n) is 7.61. The number of rotatable bonds is 3. The largest absolute Gasteiger partial charge is 0.356 e. The summed E-state index contributed by atoms with van der Waals surface area (Å²) in [4.78, 5) is 2.44. The Morgan fingerprint density at radius 3 is 2.52 bits per heavy atom. The van der Waals surface area contributed by atoms with Crippen LogP contribution in [0.5, 0.6) is 0 Å². The zero-order valence-electron chi connectivity index (χ0n) is 13.1. The van der Waals surface area contributed by atoms with Gasteiger partial charge in [0.1, 0.15) is 5.82 Å². The number of hydrogen-bond donors (Lipinski definition) is 1. The predicted octanol–water partition coefficient (Wildman–Crippen LogP) is 2.88. The maximum Gasteiger partial charge on any atom is 0.137 e. The standard InChI is InChI=1S/C17H24N4/c1-13-15(11-18)16(20-10-9-17(2,3)12-20)21(19-13)14-7-5-4-6-8-14/h4-8H,9-12,18H2,1-3H3. The first-order chi connectivity index (χ1) is 10.0. The zero-order valence-corrected chi connectivity index (χ0v) is 13.1. The van der Waals surface area contributed by atoms with Gasteiger partial charge in [-0.05, 0) is 30.9 Å². The molecule has 0 radical (unpaired) electrons. The molecular weight excluding hydrogens is 260 g/mol. The Balaban J connectivity index is 2.10. The highest BCUT2D eigenvalue weighted by molar-refractivity contribution is 5.56. The van der Waals surface area contributed by atoms with E-state index in [4.69, 9.17) is 10.8 Å². The number of nitrogens with two attached hydrogens (primary N) is 1. The highest BCUT2D eigenvalue weighted by Gasteiger charge is 2.33. The molecule has 0 atom stereocenters. The number of anilines is 1. The molecular formula is C17H24N4. The predicted molar refractivity (Wildman–Crippen MR) is 86.8 cm³/mol. The molecule has 2 heterocycles. The number of para-hydroxylation sites is 1. The highest BCUT2D eigenvalue weighted by Crippen LogP contribution is 2.36. The minimum atomic E-state index is 0.353. The van der Waals surface area contributed by atoms with Crippen LogP contribution in [-0.4, -0.2) is 22.9 Å². The van der Waals surface area contributed by atoms with Crippen LogP contribution in [0, 0.1) is 12.3 Å². The van der Waals surface area contributed by atoms with Crippen LogP contribution >= 0.6 is 0 Å². The van der Waals surface area contributed by atoms with Crippen molar-refractivity contribution in [2.45, 2.75) is 33.7 Å². The Labute approximate surface area is 126 Å². The van der Waals surface area contributed by atoms with Crippen molar-refractivity contribution >= 4 is 5.82 Å². The number of aromatic nitrogens is 2. The molecule has 1 saturated heterocycles. The normalized spacial score (nSPS) is 17.4. The second kappa shape index (κ2) is 5.19. The Bertz CT molecular complexity index is 628. The molecule has 1 aromatic carbocycles. The highest BCUT2D eigenvalue weighted by atomic mass is 15.4. The van der Waals surface area contributed by atoms with Crippen molar-refractivity contribution in [3.05, 3.63) is 41.6 Å². The van der Waals surface area contributed by atoms with E-state index in [0.29, 0.717) is 12.0 Å². The van der Waals surface area contributed by atoms with Gasteiger partial charge in [-0.15, -0.1) is 0 Å². The monoisotopic (exact) mass is 284 g/mol. The summed E-state index contributed by atoms with van der Waals surface area (Å²) in [6.07, 6.45) is 1.20. The van der Waals surface area contributed by atoms with Gasteiger partial charge in [-0.1, -0.05) is 32.0 Å². The second-order valence-corrected chi connectivity index (χ2v) is 6.67. The molecule has 0 aliphatic carbocycles. The van der Waals surface area contributed by atoms with E-state index in [1.807, 2.05) is 25.1 Å². The van der Waals surface area contributed by atoms with E-state index in [1.54, 1.807) is 0 Å². The maximum absolute atomic E-state index is 6.00. The van der Waals surface area contributed by atoms with Gasteiger partial charge in [0.25, 0.3) is 0 Å². The van der Waals surface area contributed by atoms with Gasteiger partial charge < -0.3 is 10.6 Å². The average Bonchev–Trinajstić information content (AvgIpc) is 2.99. The first-order valence-corrected chi connectivity index (χ1v) is 7.61. The lowest BCUT2D eigenvalue weighted by Crippen LogP contribution is -2.26. The smallest absolute Gasteiger partial charge is 0.137 e. The van der Waals surface area contributed by atoms with Crippen molar-refractivity contribution in [3.63, 3.8) is 0 Å². The van der Waals surface area contributed by atoms with Crippen LogP contribution in [0.2, 0.25) is 0 Å². The lowest BCUT2D eigenvalue weighted by Gasteiger charge is -2.23. The molecule has 0 amide bonds. The summed E-state index contributed by atoms with van der Waals surface area (Å²) in [5, 5.41) is 4.74. The third-order valence-electron chi connectivity index (χ3n) is 4.34. The molecule has 2 aromatic rings. The van der Waals surface area contributed by atoms with E-state index in [9.17, 15) is 0 Å². The van der Waals surface area contributed by atoms with Gasteiger partial charge in [0, 0.05) is 25.2 Å². The van der Waals surface area contributed by atoms with Crippen LogP contribution in [0.15, 0.2) is 30.3 Å². The molecule has 0 unspecified atom stereocenters. The molecule has 112 valence electrons. The minimum Gasteiger partial charge on any atom is -0.356 e. The van der Waals surface area contributed by atoms with E-state index in [2.05, 4.69) is 35.6 Å². The Hall–Kier alpha value is -1.81. The summed E-state index contributed by atoms with van der Waals surface area (Å²) in [5.74, 6) is 1.17. The van der Waals surface area contributed by atoms with Gasteiger partial charge in [0.15, 0.2) is 0 Å². The Kier molecular flexibility index (Phi) is 3.49. The Morgan fingerprint density at radius 2 is 1.95 bits per heavy atom. The minimum absolute atomic E-state index is 0.353. The molecule has 0 saturated carbocycles. The lowest BCUT2D eigenvalue weighted by molar-refractivity contribution is 0.418. The van der Waals surface area contributed by atoms with Gasteiger partial charge in [-0.2, -0.15) is 5.10 Å². The van der Waals surface area contributed by atoms with Gasteiger partial charge >= 0.3 is 0 Å². The van der Waals surface area contributed by atoms with Gasteiger partial charge in [0.2, 0.25) is 0 Å². The van der Waals surface area contributed by atoms with Crippen LogP contribution in [0.25, 0.3) is 5.69 Å². The molecule has 4 nitrogen and oxygen atoms in total. The van der Waals surface area contributed by atoms with Crippen LogP contribution in [0.1, 0.15) is 31.5 Å². The number of aryl methyl sites for hydroxylation is 1. The molecule has 21 heavy (non-hydrogen) atoms. The number of nitrogens with zero attached hydrogens (tertiary/aromatic N) is 3.